The number of hydrogen-bond acceptors (Lipinski definition) is 6. The molecule has 2 aliphatic rings. The van der Waals surface area contributed by atoms with Crippen molar-refractivity contribution in [3.8, 4) is 11.4 Å². The van der Waals surface area contributed by atoms with Crippen molar-refractivity contribution in [2.75, 3.05) is 13.1 Å². The quantitative estimate of drug-likeness (QED) is 0.592. The normalized spacial score (nSPS) is 18.9. The van der Waals surface area contributed by atoms with Crippen LogP contribution >= 0.6 is 0 Å². The number of benzene rings is 1. The number of tetrazole rings is 1. The van der Waals surface area contributed by atoms with Crippen molar-refractivity contribution in [1.82, 2.24) is 39.9 Å². The van der Waals surface area contributed by atoms with Crippen LogP contribution in [0.15, 0.2) is 30.3 Å². The molecule has 0 N–H and O–H groups in total. The Kier molecular flexibility index (Phi) is 6.22. The van der Waals surface area contributed by atoms with E-state index < -0.39 is 0 Å². The number of fused-ring (bicyclic) bond motifs is 1. The van der Waals surface area contributed by atoms with Gasteiger partial charge < -0.3 is 9.47 Å². The van der Waals surface area contributed by atoms with Crippen LogP contribution in [0.4, 0.5) is 0 Å². The fourth-order valence-corrected chi connectivity index (χ4v) is 4.79. The van der Waals surface area contributed by atoms with Crippen molar-refractivity contribution in [1.29, 1.82) is 0 Å². The minimum atomic E-state index is 0.203. The zero-order valence-electron chi connectivity index (χ0n) is 18.4. The highest BCUT2D eigenvalue weighted by Crippen LogP contribution is 2.28. The van der Waals surface area contributed by atoms with E-state index in [9.17, 15) is 4.79 Å². The number of piperidine rings is 1. The number of nitrogens with zero attached hydrogens (tertiary/aromatic N) is 8. The predicted octanol–water partition coefficient (Wildman–Crippen LogP) is 2.84. The summed E-state index contributed by atoms with van der Waals surface area (Å²) < 4.78 is 2.33. The topological polar surface area (TPSA) is 94.6 Å². The van der Waals surface area contributed by atoms with Crippen molar-refractivity contribution in [3.63, 3.8) is 0 Å². The maximum atomic E-state index is 12.9. The average molecular weight is 435 g/mol. The molecule has 1 fully saturated rings. The summed E-state index contributed by atoms with van der Waals surface area (Å²) in [6.07, 6.45) is 7.95. The van der Waals surface area contributed by atoms with E-state index in [-0.39, 0.29) is 11.8 Å². The third-order valence-corrected chi connectivity index (χ3v) is 6.51. The van der Waals surface area contributed by atoms with E-state index in [0.717, 1.165) is 56.1 Å². The maximum Gasteiger partial charge on any atom is 0.222 e. The number of amides is 1. The van der Waals surface area contributed by atoms with Crippen molar-refractivity contribution in [3.05, 3.63) is 42.0 Å². The first-order chi connectivity index (χ1) is 15.8. The molecule has 0 spiro atoms. The Labute approximate surface area is 187 Å². The lowest BCUT2D eigenvalue weighted by atomic mass is 9.96. The summed E-state index contributed by atoms with van der Waals surface area (Å²) in [6.45, 7) is 3.17. The standard InChI is InChI=1S/C23H30N8O/c32-21(13-8-16-31-27-22(25-28-31)18-9-3-1-4-10-18)29-14-7-11-19(17-29)23-26-24-20-12-5-2-6-15-30(20)23/h1,3-4,9-10,19H,2,5-8,11-17H2. The van der Waals surface area contributed by atoms with E-state index in [0.29, 0.717) is 25.2 Å². The Hall–Kier alpha value is -3.10. The van der Waals surface area contributed by atoms with Crippen LogP contribution in [0.1, 0.15) is 62.5 Å². The second-order valence-corrected chi connectivity index (χ2v) is 8.79. The molecule has 0 aliphatic carbocycles. The van der Waals surface area contributed by atoms with Crippen molar-refractivity contribution in [2.45, 2.75) is 70.4 Å². The minimum Gasteiger partial charge on any atom is -0.342 e. The summed E-state index contributed by atoms with van der Waals surface area (Å²) in [5, 5.41) is 21.7. The van der Waals surface area contributed by atoms with E-state index >= 15 is 0 Å². The molecule has 9 nitrogen and oxygen atoms in total. The van der Waals surface area contributed by atoms with Gasteiger partial charge in [-0.25, -0.2) is 0 Å². The van der Waals surface area contributed by atoms with Gasteiger partial charge in [-0.2, -0.15) is 4.80 Å². The second-order valence-electron chi connectivity index (χ2n) is 8.79. The Balaban J connectivity index is 1.14. The fourth-order valence-electron chi connectivity index (χ4n) is 4.79. The van der Waals surface area contributed by atoms with Gasteiger partial charge in [-0.3, -0.25) is 4.79 Å². The third kappa shape index (κ3) is 4.56. The lowest BCUT2D eigenvalue weighted by Crippen LogP contribution is -2.39. The van der Waals surface area contributed by atoms with E-state index in [2.05, 4.69) is 30.2 Å². The third-order valence-electron chi connectivity index (χ3n) is 6.51. The smallest absolute Gasteiger partial charge is 0.222 e. The Morgan fingerprint density at radius 3 is 2.81 bits per heavy atom. The largest absolute Gasteiger partial charge is 0.342 e. The first kappa shape index (κ1) is 20.8. The number of hydrogen-bond donors (Lipinski definition) is 0. The van der Waals surface area contributed by atoms with Crippen LogP contribution in [0.3, 0.4) is 0 Å². The minimum absolute atomic E-state index is 0.203. The maximum absolute atomic E-state index is 12.9. The highest BCUT2D eigenvalue weighted by Gasteiger charge is 2.29. The van der Waals surface area contributed by atoms with Crippen LogP contribution in [0.5, 0.6) is 0 Å². The molecule has 0 bridgehead atoms. The number of aryl methyl sites for hydroxylation is 2. The number of aromatic nitrogens is 7. The molecule has 1 unspecified atom stereocenters. The molecule has 32 heavy (non-hydrogen) atoms. The Morgan fingerprint density at radius 2 is 1.91 bits per heavy atom. The molecule has 1 saturated heterocycles. The zero-order valence-corrected chi connectivity index (χ0v) is 18.4. The van der Waals surface area contributed by atoms with Gasteiger partial charge in [-0.15, -0.1) is 20.4 Å². The molecule has 168 valence electrons. The van der Waals surface area contributed by atoms with Gasteiger partial charge in [0, 0.05) is 44.0 Å². The van der Waals surface area contributed by atoms with Crippen LogP contribution in [0.25, 0.3) is 11.4 Å². The van der Waals surface area contributed by atoms with Crippen LogP contribution in [0.2, 0.25) is 0 Å². The molecule has 4 heterocycles. The summed E-state index contributed by atoms with van der Waals surface area (Å²) in [5.74, 6) is 3.31. The highest BCUT2D eigenvalue weighted by molar-refractivity contribution is 5.76. The summed E-state index contributed by atoms with van der Waals surface area (Å²) >= 11 is 0. The van der Waals surface area contributed by atoms with Gasteiger partial charge >= 0.3 is 0 Å². The van der Waals surface area contributed by atoms with E-state index in [1.54, 1.807) is 4.80 Å². The molecule has 1 amide bonds. The number of carbonyl (C=O) groups is 1. The summed E-state index contributed by atoms with van der Waals surface area (Å²) in [4.78, 5) is 16.5. The molecule has 0 radical (unpaired) electrons. The number of carbonyl (C=O) groups excluding carboxylic acids is 1. The number of likely N-dealkylation sites (tertiary alicyclic amines) is 1. The Morgan fingerprint density at radius 1 is 1.00 bits per heavy atom. The molecule has 0 saturated carbocycles. The van der Waals surface area contributed by atoms with E-state index in [1.165, 1.54) is 19.3 Å². The summed E-state index contributed by atoms with van der Waals surface area (Å²) in [6, 6.07) is 9.80. The molecule has 1 atom stereocenters. The van der Waals surface area contributed by atoms with Crippen LogP contribution < -0.4 is 0 Å². The van der Waals surface area contributed by atoms with Crippen molar-refractivity contribution >= 4 is 5.91 Å². The second kappa shape index (κ2) is 9.58. The predicted molar refractivity (Wildman–Crippen MR) is 119 cm³/mol. The molecule has 3 aromatic rings. The van der Waals surface area contributed by atoms with Gasteiger partial charge in [0.2, 0.25) is 11.7 Å². The molecule has 5 rings (SSSR count). The van der Waals surface area contributed by atoms with Crippen LogP contribution in [0, 0.1) is 0 Å². The summed E-state index contributed by atoms with van der Waals surface area (Å²) in [7, 11) is 0. The lowest BCUT2D eigenvalue weighted by molar-refractivity contribution is -0.132. The fraction of sp³-hybridized carbons (Fsp3) is 0.565. The lowest BCUT2D eigenvalue weighted by Gasteiger charge is -2.32. The van der Waals surface area contributed by atoms with Gasteiger partial charge in [0.15, 0.2) is 0 Å². The van der Waals surface area contributed by atoms with Crippen LogP contribution in [-0.2, 0) is 24.3 Å². The monoisotopic (exact) mass is 434 g/mol. The highest BCUT2D eigenvalue weighted by atomic mass is 16.2. The van der Waals surface area contributed by atoms with Crippen molar-refractivity contribution < 1.29 is 4.79 Å². The molecular weight excluding hydrogens is 404 g/mol. The zero-order chi connectivity index (χ0) is 21.8. The number of rotatable bonds is 6. The summed E-state index contributed by atoms with van der Waals surface area (Å²) in [5.41, 5.74) is 0.945. The first-order valence-electron chi connectivity index (χ1n) is 11.8. The SMILES string of the molecule is O=C(CCCn1nnc(-c2ccccc2)n1)N1CCCC(c2nnc3n2CCCCC3)C1. The molecule has 2 aliphatic heterocycles. The van der Waals surface area contributed by atoms with E-state index in [1.807, 2.05) is 35.2 Å². The van der Waals surface area contributed by atoms with E-state index in [4.69, 9.17) is 0 Å². The van der Waals surface area contributed by atoms with Gasteiger partial charge in [-0.1, -0.05) is 36.8 Å². The van der Waals surface area contributed by atoms with Gasteiger partial charge in [0.25, 0.3) is 0 Å². The molecule has 9 heteroatoms. The van der Waals surface area contributed by atoms with Crippen molar-refractivity contribution in [2.24, 2.45) is 0 Å². The first-order valence-corrected chi connectivity index (χ1v) is 11.8. The van der Waals surface area contributed by atoms with Crippen LogP contribution in [-0.4, -0.2) is 58.9 Å². The van der Waals surface area contributed by atoms with Gasteiger partial charge in [0.05, 0.1) is 6.54 Å². The average Bonchev–Trinajstić information content (AvgIpc) is 3.41. The Bertz CT molecular complexity index is 1040. The molecular formula is C23H30N8O. The molecule has 2 aromatic heterocycles. The molecule has 1 aromatic carbocycles. The van der Waals surface area contributed by atoms with Gasteiger partial charge in [-0.05, 0) is 37.3 Å². The van der Waals surface area contributed by atoms with Gasteiger partial charge in [0.1, 0.15) is 11.6 Å².